The zero-order chi connectivity index (χ0) is 33.5. The van der Waals surface area contributed by atoms with Crippen LogP contribution in [0.5, 0.6) is 5.75 Å². The average Bonchev–Trinajstić information content (AvgIpc) is 3.66. The Morgan fingerprint density at radius 3 is 2.57 bits per heavy atom. The minimum absolute atomic E-state index is 0.0450. The summed E-state index contributed by atoms with van der Waals surface area (Å²) in [7, 11) is 0. The second-order valence-corrected chi connectivity index (χ2v) is 12.1. The average molecular weight is 645 g/mol. The largest absolute Gasteiger partial charge is 0.473 e. The minimum atomic E-state index is -1.20. The van der Waals surface area contributed by atoms with Crippen LogP contribution in [0, 0.1) is 29.9 Å². The second kappa shape index (κ2) is 12.6. The number of nitriles is 1. The van der Waals surface area contributed by atoms with E-state index in [1.165, 1.54) is 31.5 Å². The minimum Gasteiger partial charge on any atom is -0.473 e. The number of hydrogen-bond donors (Lipinski definition) is 3. The number of aromatic nitrogens is 3. The van der Waals surface area contributed by atoms with E-state index in [9.17, 15) is 19.1 Å². The highest BCUT2D eigenvalue weighted by Crippen LogP contribution is 2.32. The van der Waals surface area contributed by atoms with Crippen molar-refractivity contribution in [3.05, 3.63) is 71.7 Å². The maximum atomic E-state index is 15.1. The molecule has 2 aliphatic heterocycles. The maximum Gasteiger partial charge on any atom is 0.254 e. The molecule has 4 aromatic rings. The van der Waals surface area contributed by atoms with Crippen LogP contribution in [0.4, 0.5) is 20.3 Å². The number of fused-ring (bicyclic) bond motifs is 1. The summed E-state index contributed by atoms with van der Waals surface area (Å²) < 4.78 is 36.6. The Morgan fingerprint density at radius 2 is 1.89 bits per heavy atom. The van der Waals surface area contributed by atoms with Gasteiger partial charge in [-0.2, -0.15) is 9.65 Å². The molecule has 0 saturated carbocycles. The lowest BCUT2D eigenvalue weighted by Crippen LogP contribution is -2.54. The van der Waals surface area contributed by atoms with Gasteiger partial charge in [-0.1, -0.05) is 0 Å². The Balaban J connectivity index is 1.14. The fraction of sp³-hybridized carbons (Fsp3) is 0.364. The summed E-state index contributed by atoms with van der Waals surface area (Å²) >= 11 is 0. The van der Waals surface area contributed by atoms with Crippen molar-refractivity contribution in [2.75, 3.05) is 38.0 Å². The molecule has 2 aromatic carbocycles. The van der Waals surface area contributed by atoms with Crippen LogP contribution in [0.25, 0.3) is 16.9 Å². The monoisotopic (exact) mass is 644 g/mol. The van der Waals surface area contributed by atoms with Crippen molar-refractivity contribution in [3.8, 4) is 23.1 Å². The zero-order valence-corrected chi connectivity index (χ0v) is 26.1. The van der Waals surface area contributed by atoms with Crippen LogP contribution in [0.1, 0.15) is 36.2 Å². The third-order valence-electron chi connectivity index (χ3n) is 8.51. The predicted octanol–water partition coefficient (Wildman–Crippen LogP) is 3.41. The predicted molar refractivity (Wildman–Crippen MR) is 168 cm³/mol. The highest BCUT2D eigenvalue weighted by Gasteiger charge is 2.39. The highest BCUT2D eigenvalue weighted by atomic mass is 19.2. The lowest BCUT2D eigenvalue weighted by Gasteiger charge is -2.36. The SMILES string of the molecule is Cc1cc(Nc2nccn3c(-c4ccc(O[C@H](C)C#N)c(F)c4F)cnc23)ccc1C(=O)N1CCN(C(=O)[C@@H]2C[C@](C)(O)CN2)CC1. The number of carbonyl (C=O) groups excluding carboxylic acids is 2. The van der Waals surface area contributed by atoms with Gasteiger partial charge in [0.2, 0.25) is 11.7 Å². The van der Waals surface area contributed by atoms with Crippen LogP contribution in [0.3, 0.4) is 0 Å². The van der Waals surface area contributed by atoms with Gasteiger partial charge in [-0.05, 0) is 56.7 Å². The normalized spacial score (nSPS) is 20.2. The van der Waals surface area contributed by atoms with E-state index in [0.717, 1.165) is 5.56 Å². The number of aryl methyl sites for hydroxylation is 1. The van der Waals surface area contributed by atoms with Gasteiger partial charge in [-0.15, -0.1) is 0 Å². The first-order valence-electron chi connectivity index (χ1n) is 15.2. The maximum absolute atomic E-state index is 15.1. The smallest absolute Gasteiger partial charge is 0.254 e. The van der Waals surface area contributed by atoms with E-state index in [-0.39, 0.29) is 28.8 Å². The van der Waals surface area contributed by atoms with Crippen molar-refractivity contribution < 1.29 is 28.2 Å². The number of nitrogens with one attached hydrogen (secondary N) is 2. The van der Waals surface area contributed by atoms with Gasteiger partial charge < -0.3 is 30.3 Å². The molecule has 2 fully saturated rings. The lowest BCUT2D eigenvalue weighted by atomic mass is 10.0. The molecule has 0 bridgehead atoms. The van der Waals surface area contributed by atoms with Crippen LogP contribution < -0.4 is 15.4 Å². The number of halogens is 2. The number of benzene rings is 2. The molecule has 4 heterocycles. The van der Waals surface area contributed by atoms with Gasteiger partial charge in [0.25, 0.3) is 5.91 Å². The third-order valence-corrected chi connectivity index (χ3v) is 8.51. The Kier molecular flexibility index (Phi) is 8.52. The van der Waals surface area contributed by atoms with Gasteiger partial charge >= 0.3 is 0 Å². The number of hydrogen-bond acceptors (Lipinski definition) is 9. The van der Waals surface area contributed by atoms with Crippen LogP contribution in [0.15, 0.2) is 48.9 Å². The summed E-state index contributed by atoms with van der Waals surface area (Å²) in [6.07, 6.45) is 3.90. The van der Waals surface area contributed by atoms with Crippen molar-refractivity contribution in [2.24, 2.45) is 0 Å². The number of β-amino-alcohol motifs (C(OH)–C–C–N with tert-alkyl or cyclic N) is 1. The van der Waals surface area contributed by atoms with E-state index in [1.807, 2.05) is 19.1 Å². The van der Waals surface area contributed by atoms with E-state index in [4.69, 9.17) is 10.00 Å². The Labute approximate surface area is 269 Å². The lowest BCUT2D eigenvalue weighted by molar-refractivity contribution is -0.134. The summed E-state index contributed by atoms with van der Waals surface area (Å²) in [4.78, 5) is 38.6. The fourth-order valence-electron chi connectivity index (χ4n) is 5.98. The number of anilines is 2. The molecule has 12 nitrogen and oxygen atoms in total. The first kappa shape index (κ1) is 31.8. The van der Waals surface area contributed by atoms with Crippen molar-refractivity contribution in [3.63, 3.8) is 0 Å². The van der Waals surface area contributed by atoms with Gasteiger partial charge in [-0.25, -0.2) is 14.4 Å². The molecule has 0 spiro atoms. The van der Waals surface area contributed by atoms with Gasteiger partial charge in [0.1, 0.15) is 6.07 Å². The summed E-state index contributed by atoms with van der Waals surface area (Å²) in [5.74, 6) is -2.52. The molecule has 6 rings (SSSR count). The van der Waals surface area contributed by atoms with E-state index in [2.05, 4.69) is 20.6 Å². The Hall–Kier alpha value is -5.13. The molecule has 0 aliphatic carbocycles. The van der Waals surface area contributed by atoms with Gasteiger partial charge in [-0.3, -0.25) is 14.0 Å². The van der Waals surface area contributed by atoms with Gasteiger partial charge in [0.15, 0.2) is 29.1 Å². The number of nitrogens with zero attached hydrogens (tertiary/aromatic N) is 6. The number of aliphatic hydroxyl groups is 1. The first-order valence-corrected chi connectivity index (χ1v) is 15.2. The summed E-state index contributed by atoms with van der Waals surface area (Å²) in [5.41, 5.74) is 1.61. The molecule has 244 valence electrons. The number of ether oxygens (including phenoxy) is 1. The molecule has 2 aliphatic rings. The first-order chi connectivity index (χ1) is 22.5. The molecule has 2 saturated heterocycles. The molecule has 2 amide bonds. The molecule has 2 aromatic heterocycles. The van der Waals surface area contributed by atoms with Crippen molar-refractivity contribution in [2.45, 2.75) is 44.9 Å². The van der Waals surface area contributed by atoms with Crippen LogP contribution in [-0.2, 0) is 4.79 Å². The number of piperazine rings is 1. The zero-order valence-electron chi connectivity index (χ0n) is 26.1. The summed E-state index contributed by atoms with van der Waals surface area (Å²) in [5, 5.41) is 25.4. The molecule has 0 radical (unpaired) electrons. The number of carbonyl (C=O) groups is 2. The van der Waals surface area contributed by atoms with Crippen LogP contribution in [0.2, 0.25) is 0 Å². The van der Waals surface area contributed by atoms with E-state index in [1.54, 1.807) is 39.5 Å². The van der Waals surface area contributed by atoms with Crippen LogP contribution in [-0.4, -0.2) is 91.6 Å². The topological polar surface area (TPSA) is 148 Å². The molecule has 0 unspecified atom stereocenters. The summed E-state index contributed by atoms with van der Waals surface area (Å²) in [6.45, 7) is 6.99. The standard InChI is InChI=1S/C33H34F2N8O4/c1-19-14-21(4-5-22(19)31(44)41-10-12-42(13-11-41)32(45)24-15-33(3,46)18-39-24)40-29-30-38-17-25(43(30)9-8-37-29)23-6-7-26(28(35)27(23)34)47-20(2)16-36/h4-9,14,17,20,24,39,46H,10-13,15,18H2,1-3H3,(H,37,40)/t20-,24+,33+/m1/s1. The quantitative estimate of drug-likeness (QED) is 0.275. The Morgan fingerprint density at radius 1 is 1.15 bits per heavy atom. The Bertz CT molecular complexity index is 1900. The molecule has 3 N–H and O–H groups in total. The van der Waals surface area contributed by atoms with Crippen molar-refractivity contribution in [1.82, 2.24) is 29.5 Å². The molecular formula is C33H34F2N8O4. The fourth-order valence-corrected chi connectivity index (χ4v) is 5.98. The van der Waals surface area contributed by atoms with Crippen molar-refractivity contribution >= 4 is 29.0 Å². The van der Waals surface area contributed by atoms with Gasteiger partial charge in [0, 0.05) is 68.4 Å². The molecular weight excluding hydrogens is 610 g/mol. The van der Waals surface area contributed by atoms with Gasteiger partial charge in [0.05, 0.1) is 23.5 Å². The molecule has 47 heavy (non-hydrogen) atoms. The number of rotatable bonds is 7. The van der Waals surface area contributed by atoms with E-state index in [0.29, 0.717) is 61.9 Å². The van der Waals surface area contributed by atoms with E-state index >= 15 is 4.39 Å². The molecule has 14 heteroatoms. The number of imidazole rings is 1. The summed E-state index contributed by atoms with van der Waals surface area (Å²) in [6, 6.07) is 9.33. The van der Waals surface area contributed by atoms with Crippen LogP contribution >= 0.6 is 0 Å². The van der Waals surface area contributed by atoms with Crippen molar-refractivity contribution in [1.29, 1.82) is 5.26 Å². The molecule has 3 atom stereocenters. The second-order valence-electron chi connectivity index (χ2n) is 12.1. The third kappa shape index (κ3) is 6.32. The number of amides is 2. The van der Waals surface area contributed by atoms with E-state index < -0.39 is 29.4 Å². The highest BCUT2D eigenvalue weighted by molar-refractivity contribution is 5.96.